The summed E-state index contributed by atoms with van der Waals surface area (Å²) in [6, 6.07) is 2.59. The number of benzene rings is 1. The molecule has 19 heavy (non-hydrogen) atoms. The van der Waals surface area contributed by atoms with Crippen LogP contribution in [0, 0.1) is 18.2 Å². The Kier molecular flexibility index (Phi) is 3.45. The van der Waals surface area contributed by atoms with Gasteiger partial charge in [-0.15, -0.1) is 0 Å². The number of hydrogen-bond acceptors (Lipinski definition) is 3. The van der Waals surface area contributed by atoms with Gasteiger partial charge in [0.15, 0.2) is 0 Å². The Morgan fingerprint density at radius 1 is 1.47 bits per heavy atom. The maximum absolute atomic E-state index is 13.7. The third kappa shape index (κ3) is 2.80. The standard InChI is InChI=1S/C13H19FN2O2S/c1-8-4-10(5-9(7-15)12(8)14)19(17,18)16-11-6-13(11,2)3/h4-5,11,16H,6-7,15H2,1-3H3. The SMILES string of the molecule is Cc1cc(S(=O)(=O)NC2CC2(C)C)cc(CN)c1F. The van der Waals surface area contributed by atoms with Gasteiger partial charge in [0.25, 0.3) is 0 Å². The van der Waals surface area contributed by atoms with E-state index in [0.717, 1.165) is 6.42 Å². The van der Waals surface area contributed by atoms with E-state index in [0.29, 0.717) is 5.56 Å². The molecule has 0 aliphatic heterocycles. The number of halogens is 1. The molecule has 1 atom stereocenters. The van der Waals surface area contributed by atoms with Crippen LogP contribution in [0.25, 0.3) is 0 Å². The molecule has 0 aromatic heterocycles. The molecular weight excluding hydrogens is 267 g/mol. The van der Waals surface area contributed by atoms with Gasteiger partial charge >= 0.3 is 0 Å². The van der Waals surface area contributed by atoms with Crippen LogP contribution >= 0.6 is 0 Å². The molecule has 1 aromatic rings. The minimum atomic E-state index is -3.61. The number of hydrogen-bond donors (Lipinski definition) is 2. The Morgan fingerprint density at radius 2 is 2.05 bits per heavy atom. The fraction of sp³-hybridized carbons (Fsp3) is 0.538. The first-order chi connectivity index (χ1) is 8.67. The highest BCUT2D eigenvalue weighted by Crippen LogP contribution is 2.45. The maximum Gasteiger partial charge on any atom is 0.240 e. The molecule has 6 heteroatoms. The van der Waals surface area contributed by atoms with Crippen LogP contribution in [0.15, 0.2) is 17.0 Å². The highest BCUT2D eigenvalue weighted by Gasteiger charge is 2.47. The minimum Gasteiger partial charge on any atom is -0.326 e. The molecule has 2 rings (SSSR count). The Morgan fingerprint density at radius 3 is 2.53 bits per heavy atom. The molecule has 106 valence electrons. The summed E-state index contributed by atoms with van der Waals surface area (Å²) in [5.41, 5.74) is 5.94. The molecule has 0 saturated heterocycles. The van der Waals surface area contributed by atoms with Crippen molar-refractivity contribution in [1.29, 1.82) is 0 Å². The van der Waals surface area contributed by atoms with Gasteiger partial charge in [-0.2, -0.15) is 0 Å². The lowest BCUT2D eigenvalue weighted by atomic mass is 10.1. The molecule has 1 fully saturated rings. The predicted molar refractivity (Wildman–Crippen MR) is 71.5 cm³/mol. The van der Waals surface area contributed by atoms with Crippen molar-refractivity contribution in [1.82, 2.24) is 4.72 Å². The zero-order chi connectivity index (χ0) is 14.4. The third-order valence-electron chi connectivity index (χ3n) is 3.64. The number of sulfonamides is 1. The molecule has 0 radical (unpaired) electrons. The predicted octanol–water partition coefficient (Wildman–Crippen LogP) is 1.67. The van der Waals surface area contributed by atoms with Crippen LogP contribution in [0.3, 0.4) is 0 Å². The Hall–Kier alpha value is -0.980. The highest BCUT2D eigenvalue weighted by atomic mass is 32.2. The van der Waals surface area contributed by atoms with Gasteiger partial charge in [0.2, 0.25) is 10.0 Å². The Bertz CT molecular complexity index is 611. The summed E-state index contributed by atoms with van der Waals surface area (Å²) in [4.78, 5) is 0.0783. The average Bonchev–Trinajstić information content (AvgIpc) is 2.88. The molecular formula is C13H19FN2O2S. The van der Waals surface area contributed by atoms with E-state index in [1.165, 1.54) is 19.1 Å². The first-order valence-corrected chi connectivity index (χ1v) is 7.67. The summed E-state index contributed by atoms with van der Waals surface area (Å²) < 4.78 is 40.8. The van der Waals surface area contributed by atoms with Crippen molar-refractivity contribution in [3.8, 4) is 0 Å². The van der Waals surface area contributed by atoms with Crippen LogP contribution in [0.4, 0.5) is 4.39 Å². The van der Waals surface area contributed by atoms with Gasteiger partial charge in [0.1, 0.15) is 5.82 Å². The van der Waals surface area contributed by atoms with Crippen LogP contribution in [-0.2, 0) is 16.6 Å². The molecule has 1 unspecified atom stereocenters. The van der Waals surface area contributed by atoms with E-state index >= 15 is 0 Å². The van der Waals surface area contributed by atoms with E-state index in [1.54, 1.807) is 0 Å². The summed E-state index contributed by atoms with van der Waals surface area (Å²) in [5, 5.41) is 0. The van der Waals surface area contributed by atoms with E-state index in [2.05, 4.69) is 4.72 Å². The zero-order valence-corrected chi connectivity index (χ0v) is 12.1. The first-order valence-electron chi connectivity index (χ1n) is 6.19. The Labute approximate surface area is 113 Å². The second-order valence-electron chi connectivity index (χ2n) is 5.78. The molecule has 0 spiro atoms. The largest absolute Gasteiger partial charge is 0.326 e. The van der Waals surface area contributed by atoms with Crippen molar-refractivity contribution >= 4 is 10.0 Å². The normalized spacial score (nSPS) is 21.4. The first kappa shape index (κ1) is 14.4. The van der Waals surface area contributed by atoms with E-state index in [9.17, 15) is 12.8 Å². The zero-order valence-electron chi connectivity index (χ0n) is 11.3. The summed E-state index contributed by atoms with van der Waals surface area (Å²) in [7, 11) is -3.61. The fourth-order valence-electron chi connectivity index (χ4n) is 2.03. The van der Waals surface area contributed by atoms with Crippen molar-refractivity contribution < 1.29 is 12.8 Å². The van der Waals surface area contributed by atoms with Crippen LogP contribution in [0.5, 0.6) is 0 Å². The molecule has 1 aliphatic rings. The van der Waals surface area contributed by atoms with Crippen molar-refractivity contribution in [2.24, 2.45) is 11.1 Å². The molecule has 1 aliphatic carbocycles. The van der Waals surface area contributed by atoms with E-state index in [1.807, 2.05) is 13.8 Å². The Balaban J connectivity index is 2.33. The van der Waals surface area contributed by atoms with Crippen molar-refractivity contribution in [2.75, 3.05) is 0 Å². The monoisotopic (exact) mass is 286 g/mol. The van der Waals surface area contributed by atoms with Gasteiger partial charge in [0.05, 0.1) is 4.90 Å². The third-order valence-corrected chi connectivity index (χ3v) is 5.10. The number of nitrogens with one attached hydrogen (secondary N) is 1. The van der Waals surface area contributed by atoms with Crippen LogP contribution in [-0.4, -0.2) is 14.5 Å². The van der Waals surface area contributed by atoms with Gasteiger partial charge in [-0.25, -0.2) is 17.5 Å². The summed E-state index contributed by atoms with van der Waals surface area (Å²) >= 11 is 0. The summed E-state index contributed by atoms with van der Waals surface area (Å²) in [6.45, 7) is 5.52. The highest BCUT2D eigenvalue weighted by molar-refractivity contribution is 7.89. The average molecular weight is 286 g/mol. The quantitative estimate of drug-likeness (QED) is 0.884. The molecule has 1 aromatic carbocycles. The molecule has 0 heterocycles. The van der Waals surface area contributed by atoms with Crippen molar-refractivity contribution in [2.45, 2.75) is 44.7 Å². The van der Waals surface area contributed by atoms with Gasteiger partial charge in [-0.1, -0.05) is 13.8 Å². The second kappa shape index (κ2) is 4.54. The molecule has 1 saturated carbocycles. The molecule has 0 bridgehead atoms. The topological polar surface area (TPSA) is 72.2 Å². The maximum atomic E-state index is 13.7. The van der Waals surface area contributed by atoms with Crippen LogP contribution in [0.2, 0.25) is 0 Å². The molecule has 4 nitrogen and oxygen atoms in total. The van der Waals surface area contributed by atoms with Gasteiger partial charge in [-0.05, 0) is 36.5 Å². The minimum absolute atomic E-state index is 0.00115. The lowest BCUT2D eigenvalue weighted by Gasteiger charge is -2.11. The van der Waals surface area contributed by atoms with E-state index in [-0.39, 0.29) is 28.5 Å². The van der Waals surface area contributed by atoms with Gasteiger partial charge in [-0.3, -0.25) is 0 Å². The van der Waals surface area contributed by atoms with Crippen molar-refractivity contribution in [3.05, 3.63) is 29.1 Å². The van der Waals surface area contributed by atoms with Crippen LogP contribution in [0.1, 0.15) is 31.4 Å². The summed E-state index contributed by atoms with van der Waals surface area (Å²) in [5.74, 6) is -0.437. The van der Waals surface area contributed by atoms with E-state index < -0.39 is 15.8 Å². The molecule has 3 N–H and O–H groups in total. The van der Waals surface area contributed by atoms with Gasteiger partial charge in [0, 0.05) is 18.2 Å². The fourth-order valence-corrected chi connectivity index (χ4v) is 3.58. The molecule has 0 amide bonds. The van der Waals surface area contributed by atoms with Gasteiger partial charge < -0.3 is 5.73 Å². The van der Waals surface area contributed by atoms with Crippen LogP contribution < -0.4 is 10.5 Å². The smallest absolute Gasteiger partial charge is 0.240 e. The van der Waals surface area contributed by atoms with E-state index in [4.69, 9.17) is 5.73 Å². The van der Waals surface area contributed by atoms with Crippen molar-refractivity contribution in [3.63, 3.8) is 0 Å². The number of rotatable bonds is 4. The number of aryl methyl sites for hydroxylation is 1. The second-order valence-corrected chi connectivity index (χ2v) is 7.50. The lowest BCUT2D eigenvalue weighted by Crippen LogP contribution is -2.28. The number of nitrogens with two attached hydrogens (primary N) is 1. The summed E-state index contributed by atoms with van der Waals surface area (Å²) in [6.07, 6.45) is 0.816. The lowest BCUT2D eigenvalue weighted by molar-refractivity contribution is 0.553.